The highest BCUT2D eigenvalue weighted by Crippen LogP contribution is 2.29. The molecule has 0 spiro atoms. The Morgan fingerprint density at radius 2 is 2.04 bits per heavy atom. The zero-order chi connectivity index (χ0) is 18.4. The van der Waals surface area contributed by atoms with Gasteiger partial charge >= 0.3 is 0 Å². The van der Waals surface area contributed by atoms with Crippen molar-refractivity contribution >= 4 is 34.1 Å². The molecule has 0 radical (unpaired) electrons. The number of carbonyl (C=O) groups is 1. The van der Waals surface area contributed by atoms with E-state index in [1.807, 2.05) is 50.2 Å². The summed E-state index contributed by atoms with van der Waals surface area (Å²) in [5.74, 6) is 0.814. The number of hydrogen-bond donors (Lipinski definition) is 2. The van der Waals surface area contributed by atoms with Crippen molar-refractivity contribution in [1.29, 1.82) is 0 Å². The molecule has 0 fully saturated rings. The third-order valence-electron chi connectivity index (χ3n) is 3.63. The van der Waals surface area contributed by atoms with E-state index in [4.69, 9.17) is 4.42 Å². The first-order chi connectivity index (χ1) is 12.6. The van der Waals surface area contributed by atoms with Gasteiger partial charge in [-0.3, -0.25) is 4.79 Å². The highest BCUT2D eigenvalue weighted by molar-refractivity contribution is 8.02. The number of carbonyl (C=O) groups excluding carboxylic acids is 1. The van der Waals surface area contributed by atoms with Gasteiger partial charge in [-0.1, -0.05) is 52.9 Å². The van der Waals surface area contributed by atoms with Crippen LogP contribution in [0.2, 0.25) is 0 Å². The fourth-order valence-electron chi connectivity index (χ4n) is 2.15. The molecule has 3 aromatic rings. The van der Waals surface area contributed by atoms with E-state index in [1.54, 1.807) is 6.26 Å². The van der Waals surface area contributed by atoms with Crippen LogP contribution in [-0.2, 0) is 17.9 Å². The molecule has 1 atom stereocenters. The minimum absolute atomic E-state index is 0.0177. The van der Waals surface area contributed by atoms with Crippen LogP contribution in [0.5, 0.6) is 0 Å². The lowest BCUT2D eigenvalue weighted by atomic mass is 10.1. The minimum atomic E-state index is -0.244. The maximum absolute atomic E-state index is 12.3. The van der Waals surface area contributed by atoms with Crippen molar-refractivity contribution < 1.29 is 9.21 Å². The maximum atomic E-state index is 12.3. The number of benzene rings is 1. The Labute approximate surface area is 160 Å². The average Bonchev–Trinajstić information content (AvgIpc) is 3.31. The molecule has 0 aliphatic heterocycles. The van der Waals surface area contributed by atoms with Crippen LogP contribution in [0.25, 0.3) is 0 Å². The number of furan rings is 1. The number of aryl methyl sites for hydroxylation is 1. The van der Waals surface area contributed by atoms with E-state index in [-0.39, 0.29) is 11.2 Å². The summed E-state index contributed by atoms with van der Waals surface area (Å²) in [6.07, 6.45) is 1.63. The molecule has 3 rings (SSSR count). The van der Waals surface area contributed by atoms with Crippen LogP contribution in [0.3, 0.4) is 0 Å². The molecule has 26 heavy (non-hydrogen) atoms. The molecule has 2 heterocycles. The summed E-state index contributed by atoms with van der Waals surface area (Å²) in [6, 6.07) is 11.9. The molecule has 0 saturated carbocycles. The molecular weight excluding hydrogens is 368 g/mol. The molecule has 6 nitrogen and oxygen atoms in total. The maximum Gasteiger partial charge on any atom is 0.233 e. The molecule has 8 heteroatoms. The normalized spacial score (nSPS) is 11.9. The molecule has 2 N–H and O–H groups in total. The smallest absolute Gasteiger partial charge is 0.233 e. The predicted octanol–water partition coefficient (Wildman–Crippen LogP) is 3.85. The van der Waals surface area contributed by atoms with Crippen LogP contribution in [0.1, 0.15) is 23.8 Å². The van der Waals surface area contributed by atoms with Crippen LogP contribution in [0.4, 0.5) is 5.13 Å². The van der Waals surface area contributed by atoms with Crippen molar-refractivity contribution in [2.45, 2.75) is 36.5 Å². The Morgan fingerprint density at radius 1 is 1.23 bits per heavy atom. The summed E-state index contributed by atoms with van der Waals surface area (Å²) in [6.45, 7) is 4.99. The molecule has 1 aromatic carbocycles. The van der Waals surface area contributed by atoms with Gasteiger partial charge in [0.05, 0.1) is 18.1 Å². The van der Waals surface area contributed by atoms with Gasteiger partial charge in [0.25, 0.3) is 0 Å². The summed E-state index contributed by atoms with van der Waals surface area (Å²) >= 11 is 2.83. The second kappa shape index (κ2) is 8.86. The lowest BCUT2D eigenvalue weighted by Crippen LogP contribution is -2.30. The van der Waals surface area contributed by atoms with E-state index < -0.39 is 0 Å². The zero-order valence-electron chi connectivity index (χ0n) is 14.6. The van der Waals surface area contributed by atoms with Crippen LogP contribution < -0.4 is 10.6 Å². The third-order valence-corrected chi connectivity index (χ3v) is 5.70. The van der Waals surface area contributed by atoms with Crippen LogP contribution in [0, 0.1) is 6.92 Å². The first-order valence-corrected chi connectivity index (χ1v) is 9.89. The van der Waals surface area contributed by atoms with Gasteiger partial charge in [-0.25, -0.2) is 0 Å². The average molecular weight is 389 g/mol. The van der Waals surface area contributed by atoms with Gasteiger partial charge in [0, 0.05) is 6.54 Å². The molecule has 1 amide bonds. The van der Waals surface area contributed by atoms with E-state index in [9.17, 15) is 4.79 Å². The summed E-state index contributed by atoms with van der Waals surface area (Å²) in [5, 5.41) is 14.8. The van der Waals surface area contributed by atoms with Crippen molar-refractivity contribution in [3.63, 3.8) is 0 Å². The number of anilines is 1. The molecule has 2 aromatic heterocycles. The largest absolute Gasteiger partial charge is 0.467 e. The minimum Gasteiger partial charge on any atom is -0.467 e. The first kappa shape index (κ1) is 18.5. The van der Waals surface area contributed by atoms with Gasteiger partial charge in [0.15, 0.2) is 4.34 Å². The Bertz CT molecular complexity index is 831. The number of aromatic nitrogens is 2. The topological polar surface area (TPSA) is 80.0 Å². The number of amides is 1. The molecule has 136 valence electrons. The second-order valence-electron chi connectivity index (χ2n) is 5.77. The van der Waals surface area contributed by atoms with Gasteiger partial charge in [-0.05, 0) is 31.5 Å². The van der Waals surface area contributed by atoms with Crippen LogP contribution >= 0.6 is 23.1 Å². The Kier molecular flexibility index (Phi) is 6.30. The van der Waals surface area contributed by atoms with Crippen molar-refractivity contribution in [2.75, 3.05) is 5.32 Å². The van der Waals surface area contributed by atoms with Gasteiger partial charge in [-0.2, -0.15) is 0 Å². The van der Waals surface area contributed by atoms with Crippen molar-refractivity contribution in [1.82, 2.24) is 15.5 Å². The quantitative estimate of drug-likeness (QED) is 0.571. The summed E-state index contributed by atoms with van der Waals surface area (Å²) < 4.78 is 6.02. The van der Waals surface area contributed by atoms with Gasteiger partial charge in [0.1, 0.15) is 5.76 Å². The van der Waals surface area contributed by atoms with E-state index in [2.05, 4.69) is 20.8 Å². The number of hydrogen-bond acceptors (Lipinski definition) is 7. The number of thioether (sulfide) groups is 1. The molecule has 0 unspecified atom stereocenters. The fourth-order valence-corrected chi connectivity index (χ4v) is 4.06. The van der Waals surface area contributed by atoms with E-state index in [0.717, 1.165) is 15.7 Å². The Morgan fingerprint density at radius 3 is 2.77 bits per heavy atom. The van der Waals surface area contributed by atoms with Crippen molar-refractivity contribution in [3.05, 3.63) is 59.5 Å². The Hall–Kier alpha value is -2.32. The third kappa shape index (κ3) is 5.34. The summed E-state index contributed by atoms with van der Waals surface area (Å²) in [5.41, 5.74) is 2.29. The standard InChI is InChI=1S/C18H20N4O2S2/c1-12-5-7-14(8-6-12)10-19-16(23)13(2)25-18-22-21-17(26-18)20-11-15-4-3-9-24-15/h3-9,13H,10-11H2,1-2H3,(H,19,23)(H,20,21)/t13-/m1/s1. The van der Waals surface area contributed by atoms with Crippen molar-refractivity contribution in [3.8, 4) is 0 Å². The highest BCUT2D eigenvalue weighted by atomic mass is 32.2. The lowest BCUT2D eigenvalue weighted by Gasteiger charge is -2.10. The van der Waals surface area contributed by atoms with Crippen molar-refractivity contribution in [2.24, 2.45) is 0 Å². The summed E-state index contributed by atoms with van der Waals surface area (Å²) in [4.78, 5) is 12.3. The monoisotopic (exact) mass is 388 g/mol. The Balaban J connectivity index is 1.45. The van der Waals surface area contributed by atoms with Gasteiger partial charge in [0.2, 0.25) is 11.0 Å². The second-order valence-corrected chi connectivity index (χ2v) is 8.33. The van der Waals surface area contributed by atoms with E-state index >= 15 is 0 Å². The van der Waals surface area contributed by atoms with E-state index in [0.29, 0.717) is 18.2 Å². The molecule has 0 aliphatic carbocycles. The zero-order valence-corrected chi connectivity index (χ0v) is 16.2. The number of nitrogens with one attached hydrogen (secondary N) is 2. The SMILES string of the molecule is Cc1ccc(CNC(=O)[C@@H](C)Sc2nnc(NCc3ccco3)s2)cc1. The highest BCUT2D eigenvalue weighted by Gasteiger charge is 2.17. The first-order valence-electron chi connectivity index (χ1n) is 8.20. The summed E-state index contributed by atoms with van der Waals surface area (Å²) in [7, 11) is 0. The molecule has 0 aliphatic rings. The predicted molar refractivity (Wildman–Crippen MR) is 104 cm³/mol. The van der Waals surface area contributed by atoms with E-state index in [1.165, 1.54) is 28.7 Å². The fraction of sp³-hybridized carbons (Fsp3) is 0.278. The lowest BCUT2D eigenvalue weighted by molar-refractivity contribution is -0.120. The molecular formula is C18H20N4O2S2. The molecule has 0 saturated heterocycles. The number of nitrogens with zero attached hydrogens (tertiary/aromatic N) is 2. The van der Waals surface area contributed by atoms with Gasteiger partial charge in [-0.15, -0.1) is 10.2 Å². The van der Waals surface area contributed by atoms with Crippen LogP contribution in [0.15, 0.2) is 51.4 Å². The van der Waals surface area contributed by atoms with Gasteiger partial charge < -0.3 is 15.1 Å². The number of rotatable bonds is 8. The molecule has 0 bridgehead atoms. The van der Waals surface area contributed by atoms with Crippen LogP contribution in [-0.4, -0.2) is 21.4 Å².